The van der Waals surface area contributed by atoms with E-state index in [0.29, 0.717) is 5.56 Å². The first-order chi connectivity index (χ1) is 6.61. The summed E-state index contributed by atoms with van der Waals surface area (Å²) in [6, 6.07) is 0. The maximum absolute atomic E-state index is 12.5. The van der Waals surface area contributed by atoms with Gasteiger partial charge in [0.25, 0.3) is 6.43 Å². The lowest BCUT2D eigenvalue weighted by Crippen LogP contribution is -2.05. The summed E-state index contributed by atoms with van der Waals surface area (Å²) in [4.78, 5) is 13.9. The number of alkyl halides is 3. The fourth-order valence-corrected chi connectivity index (χ4v) is 1.24. The van der Waals surface area contributed by atoms with Crippen LogP contribution in [0.1, 0.15) is 28.0 Å². The Bertz CT molecular complexity index is 357. The summed E-state index contributed by atoms with van der Waals surface area (Å²) in [6.45, 7) is 0. The Kier molecular flexibility index (Phi) is 3.35. The van der Waals surface area contributed by atoms with Gasteiger partial charge in [0.1, 0.15) is 5.69 Å². The van der Waals surface area contributed by atoms with Gasteiger partial charge in [-0.25, -0.2) is 8.78 Å². The molecule has 0 fully saturated rings. The van der Waals surface area contributed by atoms with Crippen molar-refractivity contribution in [3.05, 3.63) is 23.0 Å². The number of nitrogens with zero attached hydrogens (tertiary/aromatic N) is 1. The van der Waals surface area contributed by atoms with Crippen LogP contribution in [-0.2, 0) is 5.88 Å². The van der Waals surface area contributed by atoms with E-state index in [1.807, 2.05) is 0 Å². The smallest absolute Gasteiger partial charge is 0.268 e. The Morgan fingerprint density at radius 3 is 2.71 bits per heavy atom. The molecule has 0 bridgehead atoms. The second kappa shape index (κ2) is 4.32. The molecule has 0 aliphatic carbocycles. The van der Waals surface area contributed by atoms with Crippen molar-refractivity contribution >= 4 is 23.6 Å². The number of aldehydes is 1. The summed E-state index contributed by atoms with van der Waals surface area (Å²) in [5.74, 6) is -0.0162. The molecule has 1 aromatic heterocycles. The first kappa shape index (κ1) is 10.8. The Labute approximate surface area is 83.9 Å². The molecule has 1 aromatic rings. The highest BCUT2D eigenvalue weighted by Crippen LogP contribution is 2.29. The molecule has 0 saturated carbocycles. The molecule has 0 unspecified atom stereocenters. The Morgan fingerprint density at radius 2 is 2.29 bits per heavy atom. The number of nitrogens with two attached hydrogens (primary N) is 1. The van der Waals surface area contributed by atoms with Gasteiger partial charge in [0, 0.05) is 17.4 Å². The van der Waals surface area contributed by atoms with Gasteiger partial charge in [-0.05, 0) is 0 Å². The molecule has 0 radical (unpaired) electrons. The molecule has 0 aliphatic rings. The lowest BCUT2D eigenvalue weighted by atomic mass is 10.1. The van der Waals surface area contributed by atoms with Crippen LogP contribution in [0.25, 0.3) is 0 Å². The zero-order chi connectivity index (χ0) is 10.7. The van der Waals surface area contributed by atoms with Gasteiger partial charge < -0.3 is 5.73 Å². The molecule has 0 aromatic carbocycles. The van der Waals surface area contributed by atoms with Crippen LogP contribution in [-0.4, -0.2) is 11.3 Å². The van der Waals surface area contributed by atoms with Crippen LogP contribution in [0.15, 0.2) is 6.20 Å². The van der Waals surface area contributed by atoms with E-state index in [9.17, 15) is 13.6 Å². The second-order valence-electron chi connectivity index (χ2n) is 2.55. The number of anilines is 1. The van der Waals surface area contributed by atoms with Crippen molar-refractivity contribution in [3.8, 4) is 0 Å². The van der Waals surface area contributed by atoms with Gasteiger partial charge in [-0.15, -0.1) is 11.6 Å². The topological polar surface area (TPSA) is 56.0 Å². The average Bonchev–Trinajstić information content (AvgIpc) is 2.16. The fraction of sp³-hybridized carbons (Fsp3) is 0.250. The number of nitrogen functional groups attached to an aromatic ring is 1. The quantitative estimate of drug-likeness (QED) is 0.627. The Balaban J connectivity index is 3.38. The van der Waals surface area contributed by atoms with E-state index < -0.39 is 12.0 Å². The van der Waals surface area contributed by atoms with Gasteiger partial charge in [0.05, 0.1) is 11.4 Å². The van der Waals surface area contributed by atoms with E-state index in [-0.39, 0.29) is 23.5 Å². The molecule has 0 amide bonds. The van der Waals surface area contributed by atoms with Crippen molar-refractivity contribution in [1.82, 2.24) is 4.98 Å². The highest BCUT2D eigenvalue weighted by Gasteiger charge is 2.19. The predicted octanol–water partition coefficient (Wildman–Crippen LogP) is 2.15. The molecule has 76 valence electrons. The minimum atomic E-state index is -2.83. The monoisotopic (exact) mass is 220 g/mol. The van der Waals surface area contributed by atoms with Crippen molar-refractivity contribution < 1.29 is 13.6 Å². The predicted molar refractivity (Wildman–Crippen MR) is 48.6 cm³/mol. The minimum absolute atomic E-state index is 0.0162. The summed E-state index contributed by atoms with van der Waals surface area (Å²) in [6.07, 6.45) is -1.36. The van der Waals surface area contributed by atoms with Gasteiger partial charge in [-0.2, -0.15) is 0 Å². The van der Waals surface area contributed by atoms with Crippen LogP contribution >= 0.6 is 11.6 Å². The minimum Gasteiger partial charge on any atom is -0.398 e. The van der Waals surface area contributed by atoms with Crippen LogP contribution in [0.3, 0.4) is 0 Å². The van der Waals surface area contributed by atoms with Crippen LogP contribution in [0, 0.1) is 0 Å². The van der Waals surface area contributed by atoms with Gasteiger partial charge in [-0.3, -0.25) is 9.78 Å². The number of carbonyl (C=O) groups excluding carboxylic acids is 1. The molecule has 1 rings (SSSR count). The Hall–Kier alpha value is -1.23. The summed E-state index contributed by atoms with van der Waals surface area (Å²) in [5, 5.41) is 0. The highest BCUT2D eigenvalue weighted by atomic mass is 35.5. The molecule has 0 spiro atoms. The summed E-state index contributed by atoms with van der Waals surface area (Å²) < 4.78 is 24.9. The maximum atomic E-state index is 12.5. The molecule has 6 heteroatoms. The number of pyridine rings is 1. The molecule has 3 nitrogen and oxygen atoms in total. The van der Waals surface area contributed by atoms with Gasteiger partial charge in [0.15, 0.2) is 6.29 Å². The van der Waals surface area contributed by atoms with E-state index >= 15 is 0 Å². The SMILES string of the molecule is Nc1c(CCl)cnc(C=O)c1C(F)F. The van der Waals surface area contributed by atoms with E-state index in [4.69, 9.17) is 17.3 Å². The van der Waals surface area contributed by atoms with Crippen LogP contribution in [0.4, 0.5) is 14.5 Å². The van der Waals surface area contributed by atoms with E-state index in [1.54, 1.807) is 0 Å². The molecule has 0 saturated heterocycles. The average molecular weight is 221 g/mol. The van der Waals surface area contributed by atoms with Crippen molar-refractivity contribution in [2.45, 2.75) is 12.3 Å². The molecule has 0 atom stereocenters. The number of carbonyl (C=O) groups is 1. The van der Waals surface area contributed by atoms with Crippen LogP contribution in [0.5, 0.6) is 0 Å². The number of rotatable bonds is 3. The lowest BCUT2D eigenvalue weighted by molar-refractivity contribution is 0.110. The standard InChI is InChI=1S/C8H7ClF2N2O/c9-1-4-2-13-5(3-14)6(7(4)12)8(10)11/h2-3,8H,1H2,(H2,12,13). The molecule has 14 heavy (non-hydrogen) atoms. The lowest BCUT2D eigenvalue weighted by Gasteiger charge is -2.09. The normalized spacial score (nSPS) is 10.6. The fourth-order valence-electron chi connectivity index (χ4n) is 1.03. The van der Waals surface area contributed by atoms with E-state index in [1.165, 1.54) is 6.20 Å². The first-order valence-corrected chi connectivity index (χ1v) is 4.21. The van der Waals surface area contributed by atoms with Gasteiger partial charge in [0.2, 0.25) is 0 Å². The molecular formula is C8H7ClF2N2O. The van der Waals surface area contributed by atoms with Gasteiger partial charge in [-0.1, -0.05) is 0 Å². The molecular weight excluding hydrogens is 214 g/mol. The molecule has 0 aliphatic heterocycles. The zero-order valence-corrected chi connectivity index (χ0v) is 7.76. The van der Waals surface area contributed by atoms with Crippen molar-refractivity contribution in [1.29, 1.82) is 0 Å². The third-order valence-electron chi connectivity index (χ3n) is 1.75. The first-order valence-electron chi connectivity index (χ1n) is 3.68. The third-order valence-corrected chi connectivity index (χ3v) is 2.03. The molecule has 2 N–H and O–H groups in total. The van der Waals surface area contributed by atoms with Crippen molar-refractivity contribution in [3.63, 3.8) is 0 Å². The zero-order valence-electron chi connectivity index (χ0n) is 7.01. The summed E-state index contributed by atoms with van der Waals surface area (Å²) >= 11 is 5.45. The van der Waals surface area contributed by atoms with Crippen molar-refractivity contribution in [2.24, 2.45) is 0 Å². The summed E-state index contributed by atoms with van der Waals surface area (Å²) in [7, 11) is 0. The van der Waals surface area contributed by atoms with Crippen LogP contribution < -0.4 is 5.73 Å². The van der Waals surface area contributed by atoms with Crippen molar-refractivity contribution in [2.75, 3.05) is 5.73 Å². The van der Waals surface area contributed by atoms with Crippen LogP contribution in [0.2, 0.25) is 0 Å². The number of hydrogen-bond acceptors (Lipinski definition) is 3. The van der Waals surface area contributed by atoms with Gasteiger partial charge >= 0.3 is 0 Å². The maximum Gasteiger partial charge on any atom is 0.268 e. The Morgan fingerprint density at radius 1 is 1.64 bits per heavy atom. The highest BCUT2D eigenvalue weighted by molar-refractivity contribution is 6.17. The van der Waals surface area contributed by atoms with E-state index in [2.05, 4.69) is 4.98 Å². The largest absolute Gasteiger partial charge is 0.398 e. The summed E-state index contributed by atoms with van der Waals surface area (Å²) in [5.41, 5.74) is 4.66. The number of halogens is 3. The van der Waals surface area contributed by atoms with E-state index in [0.717, 1.165) is 0 Å². The number of hydrogen-bond donors (Lipinski definition) is 1. The number of aromatic nitrogens is 1. The molecule has 1 heterocycles. The third kappa shape index (κ3) is 1.82. The second-order valence-corrected chi connectivity index (χ2v) is 2.82.